The van der Waals surface area contributed by atoms with Gasteiger partial charge < -0.3 is 10.3 Å². The highest BCUT2D eigenvalue weighted by Crippen LogP contribution is 2.40. The Morgan fingerprint density at radius 2 is 1.95 bits per heavy atom. The van der Waals surface area contributed by atoms with Gasteiger partial charge in [0, 0.05) is 17.4 Å². The normalized spacial score (nSPS) is 24.5. The zero-order chi connectivity index (χ0) is 13.7. The first kappa shape index (κ1) is 12.2. The molecule has 1 heterocycles. The summed E-state index contributed by atoms with van der Waals surface area (Å²) in [6.07, 6.45) is 6.00. The number of aromatic nitrogens is 1. The van der Waals surface area contributed by atoms with E-state index in [-0.39, 0.29) is 6.04 Å². The molecule has 0 amide bonds. The molecular formula is C18H22N2. The Balaban J connectivity index is 1.85. The van der Waals surface area contributed by atoms with E-state index in [0.29, 0.717) is 6.04 Å². The van der Waals surface area contributed by atoms with Crippen LogP contribution in [0.1, 0.15) is 59.4 Å². The van der Waals surface area contributed by atoms with Crippen LogP contribution in [0.5, 0.6) is 0 Å². The van der Waals surface area contributed by atoms with E-state index in [1.165, 1.54) is 53.8 Å². The largest absolute Gasteiger partial charge is 0.341 e. The Hall–Kier alpha value is -1.54. The summed E-state index contributed by atoms with van der Waals surface area (Å²) in [5, 5.41) is 0. The number of hydrogen-bond donors (Lipinski definition) is 1. The smallest absolute Gasteiger partial charge is 0.0591 e. The first-order valence-electron chi connectivity index (χ1n) is 7.79. The zero-order valence-electron chi connectivity index (χ0n) is 12.1. The predicted molar refractivity (Wildman–Crippen MR) is 81.9 cm³/mol. The van der Waals surface area contributed by atoms with Crippen LogP contribution in [0.3, 0.4) is 0 Å². The third-order valence-electron chi connectivity index (χ3n) is 5.11. The van der Waals surface area contributed by atoms with Crippen LogP contribution in [0.25, 0.3) is 0 Å². The molecule has 1 aromatic carbocycles. The molecule has 0 aliphatic heterocycles. The highest BCUT2D eigenvalue weighted by atomic mass is 15.0. The van der Waals surface area contributed by atoms with Gasteiger partial charge >= 0.3 is 0 Å². The quantitative estimate of drug-likeness (QED) is 0.839. The highest BCUT2D eigenvalue weighted by molar-refractivity contribution is 5.40. The molecule has 0 saturated carbocycles. The summed E-state index contributed by atoms with van der Waals surface area (Å²) < 4.78 is 2.58. The Kier molecular flexibility index (Phi) is 2.74. The molecule has 2 aromatic rings. The van der Waals surface area contributed by atoms with E-state index in [0.717, 1.165) is 6.42 Å². The average molecular weight is 266 g/mol. The van der Waals surface area contributed by atoms with E-state index in [9.17, 15) is 0 Å². The van der Waals surface area contributed by atoms with Gasteiger partial charge in [0.25, 0.3) is 0 Å². The molecule has 2 N–H and O–H groups in total. The summed E-state index contributed by atoms with van der Waals surface area (Å²) in [4.78, 5) is 0. The topological polar surface area (TPSA) is 30.9 Å². The van der Waals surface area contributed by atoms with Gasteiger partial charge in [-0.15, -0.1) is 0 Å². The maximum Gasteiger partial charge on any atom is 0.0591 e. The number of fused-ring (bicyclic) bond motifs is 2. The van der Waals surface area contributed by atoms with Gasteiger partial charge in [0.1, 0.15) is 0 Å². The number of rotatable bonds is 1. The van der Waals surface area contributed by atoms with Gasteiger partial charge in [-0.3, -0.25) is 0 Å². The fourth-order valence-corrected chi connectivity index (χ4v) is 4.20. The van der Waals surface area contributed by atoms with E-state index in [1.54, 1.807) is 0 Å². The van der Waals surface area contributed by atoms with E-state index in [1.807, 2.05) is 0 Å². The first-order valence-corrected chi connectivity index (χ1v) is 7.79. The third kappa shape index (κ3) is 1.68. The van der Waals surface area contributed by atoms with Crippen LogP contribution in [-0.4, -0.2) is 4.57 Å². The lowest BCUT2D eigenvalue weighted by Gasteiger charge is -2.25. The summed E-state index contributed by atoms with van der Waals surface area (Å²) in [7, 11) is 0. The van der Waals surface area contributed by atoms with Gasteiger partial charge in [-0.05, 0) is 61.8 Å². The maximum absolute atomic E-state index is 6.31. The Morgan fingerprint density at radius 3 is 2.85 bits per heavy atom. The minimum Gasteiger partial charge on any atom is -0.341 e. The zero-order valence-corrected chi connectivity index (χ0v) is 12.1. The molecule has 2 unspecified atom stereocenters. The molecule has 2 aliphatic carbocycles. The molecule has 2 heteroatoms. The molecule has 20 heavy (non-hydrogen) atoms. The molecule has 104 valence electrons. The summed E-state index contributed by atoms with van der Waals surface area (Å²) in [6.45, 7) is 2.24. The standard InChI is InChI=1S/C18H22N2/c1-12-11-15-16(19)7-4-8-17(15)20(12)18-10-9-13-5-2-3-6-14(13)18/h2-3,5-6,11,16,18H,4,7-10,19H2,1H3. The van der Waals surface area contributed by atoms with Gasteiger partial charge in [-0.1, -0.05) is 24.3 Å². The second kappa shape index (κ2) is 4.49. The SMILES string of the molecule is Cc1cc2c(n1C1CCc3ccccc31)CCCC2N. The van der Waals surface area contributed by atoms with Crippen molar-refractivity contribution < 1.29 is 0 Å². The van der Waals surface area contributed by atoms with Crippen molar-refractivity contribution in [2.75, 3.05) is 0 Å². The van der Waals surface area contributed by atoms with Crippen molar-refractivity contribution >= 4 is 0 Å². The van der Waals surface area contributed by atoms with Crippen molar-refractivity contribution in [1.29, 1.82) is 0 Å². The lowest BCUT2D eigenvalue weighted by molar-refractivity contribution is 0.503. The molecule has 4 rings (SSSR count). The molecule has 0 spiro atoms. The van der Waals surface area contributed by atoms with Crippen LogP contribution >= 0.6 is 0 Å². The van der Waals surface area contributed by atoms with E-state index >= 15 is 0 Å². The number of nitrogens with zero attached hydrogens (tertiary/aromatic N) is 1. The molecule has 0 bridgehead atoms. The molecule has 0 saturated heterocycles. The molecule has 0 fully saturated rings. The molecule has 2 aliphatic rings. The van der Waals surface area contributed by atoms with Gasteiger partial charge in [-0.2, -0.15) is 0 Å². The third-order valence-corrected chi connectivity index (χ3v) is 5.11. The second-order valence-electron chi connectivity index (χ2n) is 6.31. The predicted octanol–water partition coefficient (Wildman–Crippen LogP) is 3.67. The Labute approximate surface area is 120 Å². The van der Waals surface area contributed by atoms with Crippen molar-refractivity contribution in [2.24, 2.45) is 5.73 Å². The van der Waals surface area contributed by atoms with Gasteiger partial charge in [0.2, 0.25) is 0 Å². The van der Waals surface area contributed by atoms with Crippen molar-refractivity contribution in [3.05, 3.63) is 58.4 Å². The van der Waals surface area contributed by atoms with Gasteiger partial charge in [-0.25, -0.2) is 0 Å². The van der Waals surface area contributed by atoms with Crippen LogP contribution in [0, 0.1) is 6.92 Å². The highest BCUT2D eigenvalue weighted by Gasteiger charge is 2.29. The minimum atomic E-state index is 0.246. The summed E-state index contributed by atoms with van der Waals surface area (Å²) in [5.41, 5.74) is 13.6. The van der Waals surface area contributed by atoms with Crippen LogP contribution in [0.2, 0.25) is 0 Å². The number of aryl methyl sites for hydroxylation is 2. The van der Waals surface area contributed by atoms with Crippen molar-refractivity contribution in [3.8, 4) is 0 Å². The van der Waals surface area contributed by atoms with Crippen molar-refractivity contribution in [1.82, 2.24) is 4.57 Å². The number of hydrogen-bond acceptors (Lipinski definition) is 1. The summed E-state index contributed by atoms with van der Waals surface area (Å²) in [6, 6.07) is 12.0. The summed E-state index contributed by atoms with van der Waals surface area (Å²) in [5.74, 6) is 0. The van der Waals surface area contributed by atoms with Gasteiger partial charge in [0.05, 0.1) is 6.04 Å². The Morgan fingerprint density at radius 1 is 1.10 bits per heavy atom. The van der Waals surface area contributed by atoms with Gasteiger partial charge in [0.15, 0.2) is 0 Å². The fraction of sp³-hybridized carbons (Fsp3) is 0.444. The lowest BCUT2D eigenvalue weighted by Crippen LogP contribution is -2.20. The van der Waals surface area contributed by atoms with E-state index in [4.69, 9.17) is 5.73 Å². The molecule has 2 nitrogen and oxygen atoms in total. The molecule has 1 aromatic heterocycles. The minimum absolute atomic E-state index is 0.246. The van der Waals surface area contributed by atoms with E-state index in [2.05, 4.69) is 41.8 Å². The van der Waals surface area contributed by atoms with Crippen LogP contribution in [0.15, 0.2) is 30.3 Å². The lowest BCUT2D eigenvalue weighted by atomic mass is 9.93. The maximum atomic E-state index is 6.31. The van der Waals surface area contributed by atoms with Crippen LogP contribution in [-0.2, 0) is 12.8 Å². The second-order valence-corrected chi connectivity index (χ2v) is 6.31. The van der Waals surface area contributed by atoms with Crippen LogP contribution in [0.4, 0.5) is 0 Å². The van der Waals surface area contributed by atoms with Crippen LogP contribution < -0.4 is 5.73 Å². The average Bonchev–Trinajstić information content (AvgIpc) is 3.00. The number of benzene rings is 1. The monoisotopic (exact) mass is 266 g/mol. The Bertz CT molecular complexity index is 653. The summed E-state index contributed by atoms with van der Waals surface area (Å²) >= 11 is 0. The molecule has 0 radical (unpaired) electrons. The fourth-order valence-electron chi connectivity index (χ4n) is 4.20. The van der Waals surface area contributed by atoms with Crippen molar-refractivity contribution in [3.63, 3.8) is 0 Å². The van der Waals surface area contributed by atoms with Crippen molar-refractivity contribution in [2.45, 2.75) is 51.1 Å². The number of nitrogens with two attached hydrogens (primary N) is 1. The molecule has 2 atom stereocenters. The molecular weight excluding hydrogens is 244 g/mol. The van der Waals surface area contributed by atoms with E-state index < -0.39 is 0 Å². The first-order chi connectivity index (χ1) is 9.75.